The lowest BCUT2D eigenvalue weighted by molar-refractivity contribution is -0.120. The van der Waals surface area contributed by atoms with Gasteiger partial charge in [0.05, 0.1) is 19.6 Å². The fourth-order valence-electron chi connectivity index (χ4n) is 4.82. The molecular formula is C32H40FN3O3. The van der Waals surface area contributed by atoms with Gasteiger partial charge in [-0.2, -0.15) is 0 Å². The average molecular weight is 534 g/mol. The number of aromatic nitrogens is 1. The Labute approximate surface area is 231 Å². The van der Waals surface area contributed by atoms with Crippen molar-refractivity contribution in [3.8, 4) is 22.6 Å². The number of anilines is 1. The van der Waals surface area contributed by atoms with E-state index in [0.29, 0.717) is 36.1 Å². The third kappa shape index (κ3) is 7.71. The van der Waals surface area contributed by atoms with E-state index in [4.69, 9.17) is 9.47 Å². The molecule has 0 radical (unpaired) electrons. The maximum Gasteiger partial charge on any atom is 0.226 e. The normalized spacial score (nSPS) is 13.4. The van der Waals surface area contributed by atoms with Gasteiger partial charge in [-0.1, -0.05) is 19.9 Å². The van der Waals surface area contributed by atoms with Gasteiger partial charge in [-0.25, -0.2) is 4.39 Å². The number of nitrogens with zero attached hydrogens (tertiary/aromatic N) is 2. The molecule has 2 heterocycles. The summed E-state index contributed by atoms with van der Waals surface area (Å²) in [5.74, 6) is 1.18. The van der Waals surface area contributed by atoms with Gasteiger partial charge >= 0.3 is 0 Å². The molecule has 4 rings (SSSR count). The zero-order valence-corrected chi connectivity index (χ0v) is 23.6. The average Bonchev–Trinajstić information content (AvgIpc) is 2.93. The number of hydrogen-bond donors (Lipinski definition) is 1. The number of rotatable bonds is 11. The van der Waals surface area contributed by atoms with Gasteiger partial charge in [0.2, 0.25) is 5.91 Å². The second-order valence-electron chi connectivity index (χ2n) is 10.5. The first-order chi connectivity index (χ1) is 18.8. The number of amides is 1. The van der Waals surface area contributed by atoms with E-state index in [1.54, 1.807) is 0 Å². The lowest BCUT2D eigenvalue weighted by Crippen LogP contribution is -2.29. The molecule has 1 N–H and O–H groups in total. The molecule has 0 aliphatic carbocycles. The summed E-state index contributed by atoms with van der Waals surface area (Å²) in [5.41, 5.74) is 5.49. The van der Waals surface area contributed by atoms with Crippen molar-refractivity contribution in [2.75, 3.05) is 31.2 Å². The molecule has 2 aromatic carbocycles. The number of ether oxygens (including phenoxy) is 2. The van der Waals surface area contributed by atoms with Crippen LogP contribution < -0.4 is 19.7 Å². The van der Waals surface area contributed by atoms with Crippen molar-refractivity contribution in [3.63, 3.8) is 0 Å². The minimum atomic E-state index is -0.376. The molecule has 1 saturated heterocycles. The number of piperidine rings is 1. The van der Waals surface area contributed by atoms with Crippen LogP contribution in [0.15, 0.2) is 48.7 Å². The topological polar surface area (TPSA) is 63.7 Å². The first kappa shape index (κ1) is 28.4. The molecular weight excluding hydrogens is 493 g/mol. The van der Waals surface area contributed by atoms with Gasteiger partial charge in [-0.15, -0.1) is 0 Å². The van der Waals surface area contributed by atoms with Crippen LogP contribution in [0.4, 0.5) is 10.1 Å². The Morgan fingerprint density at radius 1 is 1.08 bits per heavy atom. The second kappa shape index (κ2) is 13.5. The number of hydrogen-bond acceptors (Lipinski definition) is 5. The van der Waals surface area contributed by atoms with E-state index in [0.717, 1.165) is 41.2 Å². The van der Waals surface area contributed by atoms with Gasteiger partial charge in [0.25, 0.3) is 0 Å². The predicted molar refractivity (Wildman–Crippen MR) is 154 cm³/mol. The van der Waals surface area contributed by atoms with Crippen LogP contribution in [-0.2, 0) is 17.8 Å². The van der Waals surface area contributed by atoms with Crippen molar-refractivity contribution in [2.45, 2.75) is 59.9 Å². The van der Waals surface area contributed by atoms with Gasteiger partial charge in [0, 0.05) is 60.5 Å². The molecule has 0 atom stereocenters. The van der Waals surface area contributed by atoms with Gasteiger partial charge in [-0.3, -0.25) is 9.78 Å². The summed E-state index contributed by atoms with van der Waals surface area (Å²) in [5, 5.41) is 2.90. The summed E-state index contributed by atoms with van der Waals surface area (Å²) in [6, 6.07) is 13.0. The van der Waals surface area contributed by atoms with Crippen LogP contribution >= 0.6 is 0 Å². The summed E-state index contributed by atoms with van der Waals surface area (Å²) < 4.78 is 25.7. The third-order valence-electron chi connectivity index (χ3n) is 6.93. The Morgan fingerprint density at radius 2 is 1.87 bits per heavy atom. The zero-order chi connectivity index (χ0) is 27.8. The number of pyridine rings is 1. The highest BCUT2D eigenvalue weighted by molar-refractivity contribution is 5.81. The largest absolute Gasteiger partial charge is 0.494 e. The van der Waals surface area contributed by atoms with E-state index in [2.05, 4.69) is 27.3 Å². The van der Waals surface area contributed by atoms with Gasteiger partial charge < -0.3 is 19.7 Å². The smallest absolute Gasteiger partial charge is 0.226 e. The standard InChI is InChI=1S/C32H40FN3O3/c1-5-38-28-11-12-29(30(18-28)36-13-7-6-8-14-36)24-9-10-27(34-19-24)17-32(37)35-20-25-15-26(33)16-31(23(25)4)39-21-22(2)3/h9-12,15-16,18-19,22H,5-8,13-14,17,20-21H2,1-4H3,(H,35,37). The van der Waals surface area contributed by atoms with Crippen LogP contribution in [0.3, 0.4) is 0 Å². The number of benzene rings is 2. The molecule has 0 unspecified atom stereocenters. The van der Waals surface area contributed by atoms with Crippen molar-refractivity contribution in [1.82, 2.24) is 10.3 Å². The number of halogens is 1. The lowest BCUT2D eigenvalue weighted by Gasteiger charge is -2.31. The van der Waals surface area contributed by atoms with Crippen molar-refractivity contribution in [1.29, 1.82) is 0 Å². The van der Waals surface area contributed by atoms with E-state index in [-0.39, 0.29) is 24.7 Å². The third-order valence-corrected chi connectivity index (χ3v) is 6.93. The minimum absolute atomic E-state index is 0.146. The van der Waals surface area contributed by atoms with Gasteiger partial charge in [0.1, 0.15) is 17.3 Å². The summed E-state index contributed by atoms with van der Waals surface area (Å²) in [6.45, 7) is 11.4. The summed E-state index contributed by atoms with van der Waals surface area (Å²) in [4.78, 5) is 19.7. The zero-order valence-electron chi connectivity index (χ0n) is 23.6. The first-order valence-corrected chi connectivity index (χ1v) is 14.0. The molecule has 1 amide bonds. The monoisotopic (exact) mass is 533 g/mol. The van der Waals surface area contributed by atoms with Gasteiger partial charge in [0.15, 0.2) is 0 Å². The summed E-state index contributed by atoms with van der Waals surface area (Å²) >= 11 is 0. The van der Waals surface area contributed by atoms with Crippen LogP contribution in [0.2, 0.25) is 0 Å². The highest BCUT2D eigenvalue weighted by Gasteiger charge is 2.17. The molecule has 0 bridgehead atoms. The highest BCUT2D eigenvalue weighted by atomic mass is 19.1. The maximum atomic E-state index is 14.2. The van der Waals surface area contributed by atoms with Crippen LogP contribution in [0.1, 0.15) is 56.9 Å². The van der Waals surface area contributed by atoms with Crippen molar-refractivity contribution < 1.29 is 18.7 Å². The quantitative estimate of drug-likeness (QED) is 0.306. The van der Waals surface area contributed by atoms with E-state index < -0.39 is 0 Å². The molecule has 1 fully saturated rings. The van der Waals surface area contributed by atoms with Crippen molar-refractivity contribution in [2.24, 2.45) is 5.92 Å². The Bertz CT molecular complexity index is 1250. The summed E-state index contributed by atoms with van der Waals surface area (Å²) in [7, 11) is 0. The Balaban J connectivity index is 1.42. The SMILES string of the molecule is CCOc1ccc(-c2ccc(CC(=O)NCc3cc(F)cc(OCC(C)C)c3C)nc2)c(N2CCCCC2)c1. The Morgan fingerprint density at radius 3 is 2.56 bits per heavy atom. The van der Waals surface area contributed by atoms with Crippen LogP contribution in [0, 0.1) is 18.7 Å². The molecule has 39 heavy (non-hydrogen) atoms. The molecule has 1 aliphatic rings. The van der Waals surface area contributed by atoms with E-state index in [1.165, 1.54) is 31.4 Å². The molecule has 1 aliphatic heterocycles. The first-order valence-electron chi connectivity index (χ1n) is 14.0. The molecule has 1 aromatic heterocycles. The second-order valence-corrected chi connectivity index (χ2v) is 10.5. The number of carbonyl (C=O) groups is 1. The fraction of sp³-hybridized carbons (Fsp3) is 0.438. The summed E-state index contributed by atoms with van der Waals surface area (Å²) in [6.07, 6.45) is 5.62. The Kier molecular flexibility index (Phi) is 9.79. The molecule has 208 valence electrons. The minimum Gasteiger partial charge on any atom is -0.494 e. The fourth-order valence-corrected chi connectivity index (χ4v) is 4.82. The van der Waals surface area contributed by atoms with E-state index >= 15 is 0 Å². The Hall–Kier alpha value is -3.61. The highest BCUT2D eigenvalue weighted by Crippen LogP contribution is 2.35. The van der Waals surface area contributed by atoms with Crippen molar-refractivity contribution in [3.05, 3.63) is 71.3 Å². The van der Waals surface area contributed by atoms with Crippen LogP contribution in [0.5, 0.6) is 11.5 Å². The van der Waals surface area contributed by atoms with Crippen molar-refractivity contribution >= 4 is 11.6 Å². The van der Waals surface area contributed by atoms with E-state index in [1.807, 2.05) is 52.1 Å². The van der Waals surface area contributed by atoms with Crippen LogP contribution in [-0.4, -0.2) is 37.2 Å². The number of carbonyl (C=O) groups excluding carboxylic acids is 1. The predicted octanol–water partition coefficient (Wildman–Crippen LogP) is 6.48. The van der Waals surface area contributed by atoms with E-state index in [9.17, 15) is 9.18 Å². The molecule has 3 aromatic rings. The lowest BCUT2D eigenvalue weighted by atomic mass is 10.0. The molecule has 0 saturated carbocycles. The molecule has 7 heteroatoms. The maximum absolute atomic E-state index is 14.2. The van der Waals surface area contributed by atoms with Crippen LogP contribution in [0.25, 0.3) is 11.1 Å². The molecule has 6 nitrogen and oxygen atoms in total. The van der Waals surface area contributed by atoms with Gasteiger partial charge in [-0.05, 0) is 74.4 Å². The molecule has 0 spiro atoms. The number of nitrogens with one attached hydrogen (secondary N) is 1.